The van der Waals surface area contributed by atoms with Crippen molar-refractivity contribution in [2.75, 3.05) is 18.1 Å². The van der Waals surface area contributed by atoms with Gasteiger partial charge in [0.1, 0.15) is 10.7 Å². The molecule has 0 aliphatic carbocycles. The van der Waals surface area contributed by atoms with Crippen LogP contribution in [-0.2, 0) is 8.82 Å². The summed E-state index contributed by atoms with van der Waals surface area (Å²) in [5, 5.41) is 0. The van der Waals surface area contributed by atoms with Gasteiger partial charge in [-0.2, -0.15) is 13.2 Å². The Balaban J connectivity index is 1.59. The van der Waals surface area contributed by atoms with Gasteiger partial charge in [-0.25, -0.2) is 4.99 Å². The van der Waals surface area contributed by atoms with E-state index in [4.69, 9.17) is 4.74 Å². The molecule has 4 rings (SSSR count). The first-order valence-electron chi connectivity index (χ1n) is 10.2. The molecular weight excluding hydrogens is 451 g/mol. The van der Waals surface area contributed by atoms with E-state index < -0.39 is 16.2 Å². The van der Waals surface area contributed by atoms with Crippen LogP contribution in [0.15, 0.2) is 89.9 Å². The third kappa shape index (κ3) is 5.51. The number of hydrogen-bond donors (Lipinski definition) is 0. The fourth-order valence-electron chi connectivity index (χ4n) is 3.42. The summed E-state index contributed by atoms with van der Waals surface area (Å²) in [5.74, 6) is 0.526. The molecule has 1 saturated heterocycles. The van der Waals surface area contributed by atoms with Gasteiger partial charge in [0.15, 0.2) is 0 Å². The number of thioether (sulfide) groups is 2. The van der Waals surface area contributed by atoms with Crippen LogP contribution in [0.25, 0.3) is 11.1 Å². The topological polar surface area (TPSA) is 21.6 Å². The number of nitrogens with zero attached hydrogens (tertiary/aromatic N) is 1. The second-order valence-electron chi connectivity index (χ2n) is 7.29. The number of benzene rings is 3. The van der Waals surface area contributed by atoms with E-state index in [1.165, 1.54) is 12.1 Å². The van der Waals surface area contributed by atoms with Crippen LogP contribution in [-0.4, -0.2) is 30.2 Å². The average Bonchev–Trinajstić information content (AvgIpc) is 2.83. The minimum Gasteiger partial charge on any atom is -0.472 e. The number of halogens is 3. The Bertz CT molecular complexity index is 1030. The number of rotatable bonds is 5. The molecule has 3 aromatic rings. The van der Waals surface area contributed by atoms with Crippen molar-refractivity contribution < 1.29 is 17.9 Å². The average molecular weight is 474 g/mol. The Kier molecular flexibility index (Phi) is 7.16. The van der Waals surface area contributed by atoms with Crippen molar-refractivity contribution in [1.29, 1.82) is 0 Å². The van der Waals surface area contributed by atoms with Crippen molar-refractivity contribution in [3.05, 3.63) is 90.5 Å². The lowest BCUT2D eigenvalue weighted by Crippen LogP contribution is -2.34. The Hall–Kier alpha value is -2.38. The fraction of sp³-hybridized carbons (Fsp3) is 0.240. The van der Waals surface area contributed by atoms with Gasteiger partial charge in [-0.15, -0.1) is 23.5 Å². The molecule has 32 heavy (non-hydrogen) atoms. The third-order valence-corrected chi connectivity index (χ3v) is 8.35. The molecule has 0 unspecified atom stereocenters. The zero-order chi connectivity index (χ0) is 22.4. The first-order chi connectivity index (χ1) is 15.5. The van der Waals surface area contributed by atoms with E-state index in [1.54, 1.807) is 41.7 Å². The van der Waals surface area contributed by atoms with Gasteiger partial charge < -0.3 is 4.74 Å². The number of ether oxygens (including phenoxy) is 1. The number of para-hydroxylation sites is 1. The van der Waals surface area contributed by atoms with Crippen LogP contribution in [0, 0.1) is 0 Å². The predicted octanol–water partition coefficient (Wildman–Crippen LogP) is 7.69. The summed E-state index contributed by atoms with van der Waals surface area (Å²) in [7, 11) is 0. The minimum absolute atomic E-state index is 0.113. The number of alkyl halides is 3. The maximum absolute atomic E-state index is 13.7. The van der Waals surface area contributed by atoms with Gasteiger partial charge in [0.05, 0.1) is 5.69 Å². The summed E-state index contributed by atoms with van der Waals surface area (Å²) < 4.78 is 45.8. The molecule has 0 aromatic heterocycles. The standard InChI is InChI=1S/C25H22F3NOS2/c26-25(27,28)23(29-22-10-5-2-6-11-22)30-18-24(31-16-7-17-32-24)21-14-12-20(13-15-21)19-8-3-1-4-9-19/h1-6,8-15H,7,16-18H2. The summed E-state index contributed by atoms with van der Waals surface area (Å²) in [6.45, 7) is -0.113. The lowest BCUT2D eigenvalue weighted by Gasteiger charge is -2.36. The highest BCUT2D eigenvalue weighted by Gasteiger charge is 2.42. The molecule has 0 atom stereocenters. The molecule has 1 heterocycles. The molecule has 2 nitrogen and oxygen atoms in total. The normalized spacial score (nSPS) is 16.5. The Morgan fingerprint density at radius 3 is 1.97 bits per heavy atom. The highest BCUT2D eigenvalue weighted by molar-refractivity contribution is 8.18. The summed E-state index contributed by atoms with van der Waals surface area (Å²) >= 11 is 3.28. The molecule has 0 spiro atoms. The first-order valence-corrected chi connectivity index (χ1v) is 12.2. The fourth-order valence-corrected chi connectivity index (χ4v) is 6.56. The molecule has 0 saturated carbocycles. The second kappa shape index (κ2) is 10.0. The molecule has 0 amide bonds. The molecule has 1 aliphatic rings. The first kappa shape index (κ1) is 22.8. The van der Waals surface area contributed by atoms with E-state index in [2.05, 4.69) is 4.99 Å². The van der Waals surface area contributed by atoms with Crippen molar-refractivity contribution in [3.8, 4) is 11.1 Å². The Morgan fingerprint density at radius 1 is 0.812 bits per heavy atom. The summed E-state index contributed by atoms with van der Waals surface area (Å²) in [5.41, 5.74) is 3.33. The van der Waals surface area contributed by atoms with E-state index in [0.717, 1.165) is 34.6 Å². The molecule has 1 fully saturated rings. The lowest BCUT2D eigenvalue weighted by molar-refractivity contribution is -0.0783. The van der Waals surface area contributed by atoms with E-state index in [9.17, 15) is 13.2 Å². The maximum Gasteiger partial charge on any atom is 0.468 e. The second-order valence-corrected chi connectivity index (χ2v) is 10.3. The zero-order valence-electron chi connectivity index (χ0n) is 17.2. The van der Waals surface area contributed by atoms with E-state index >= 15 is 0 Å². The molecular formula is C25H22F3NOS2. The van der Waals surface area contributed by atoms with Gasteiger partial charge in [-0.1, -0.05) is 72.8 Å². The molecule has 0 radical (unpaired) electrons. The smallest absolute Gasteiger partial charge is 0.468 e. The summed E-state index contributed by atoms with van der Waals surface area (Å²) in [6, 6.07) is 26.1. The van der Waals surface area contributed by atoms with Crippen LogP contribution < -0.4 is 0 Å². The Labute approximate surface area is 194 Å². The summed E-state index contributed by atoms with van der Waals surface area (Å²) in [6.07, 6.45) is -3.65. The number of aliphatic imine (C=N–C) groups is 1. The van der Waals surface area contributed by atoms with Crippen LogP contribution in [0.4, 0.5) is 18.9 Å². The van der Waals surface area contributed by atoms with Crippen molar-refractivity contribution in [3.63, 3.8) is 0 Å². The predicted molar refractivity (Wildman–Crippen MR) is 129 cm³/mol. The molecule has 166 valence electrons. The van der Waals surface area contributed by atoms with E-state index in [0.29, 0.717) is 0 Å². The van der Waals surface area contributed by atoms with E-state index in [1.807, 2.05) is 54.6 Å². The van der Waals surface area contributed by atoms with Crippen molar-refractivity contribution >= 4 is 35.1 Å². The van der Waals surface area contributed by atoms with E-state index in [-0.39, 0.29) is 12.3 Å². The van der Waals surface area contributed by atoms with Crippen LogP contribution in [0.5, 0.6) is 0 Å². The van der Waals surface area contributed by atoms with Gasteiger partial charge in [0, 0.05) is 0 Å². The zero-order valence-corrected chi connectivity index (χ0v) is 18.9. The Morgan fingerprint density at radius 2 is 1.38 bits per heavy atom. The van der Waals surface area contributed by atoms with Crippen LogP contribution in [0.3, 0.4) is 0 Å². The third-order valence-electron chi connectivity index (χ3n) is 5.02. The van der Waals surface area contributed by atoms with Crippen LogP contribution in [0.2, 0.25) is 0 Å². The molecule has 0 bridgehead atoms. The van der Waals surface area contributed by atoms with Crippen LogP contribution >= 0.6 is 23.5 Å². The van der Waals surface area contributed by atoms with Crippen molar-refractivity contribution in [2.24, 2.45) is 4.99 Å². The van der Waals surface area contributed by atoms with Gasteiger partial charge in [-0.05, 0) is 46.7 Å². The maximum atomic E-state index is 13.7. The van der Waals surface area contributed by atoms with Gasteiger partial charge in [0.2, 0.25) is 0 Å². The van der Waals surface area contributed by atoms with Crippen LogP contribution in [0.1, 0.15) is 12.0 Å². The van der Waals surface area contributed by atoms with Crippen molar-refractivity contribution in [1.82, 2.24) is 0 Å². The molecule has 0 N–H and O–H groups in total. The SMILES string of the molecule is FC(F)(F)C(=Nc1ccccc1)OCC1(c2ccc(-c3ccccc3)cc2)SCCCS1. The van der Waals surface area contributed by atoms with Gasteiger partial charge in [0.25, 0.3) is 5.90 Å². The largest absolute Gasteiger partial charge is 0.472 e. The highest BCUT2D eigenvalue weighted by atomic mass is 32.2. The molecule has 7 heteroatoms. The van der Waals surface area contributed by atoms with Gasteiger partial charge in [-0.3, -0.25) is 0 Å². The van der Waals surface area contributed by atoms with Crippen molar-refractivity contribution in [2.45, 2.75) is 16.7 Å². The monoisotopic (exact) mass is 473 g/mol. The minimum atomic E-state index is -4.67. The highest BCUT2D eigenvalue weighted by Crippen LogP contribution is 2.51. The quantitative estimate of drug-likeness (QED) is 0.280. The van der Waals surface area contributed by atoms with Gasteiger partial charge >= 0.3 is 6.18 Å². The lowest BCUT2D eigenvalue weighted by atomic mass is 10.0. The summed E-state index contributed by atoms with van der Waals surface area (Å²) in [4.78, 5) is 3.74. The number of hydrogen-bond acceptors (Lipinski definition) is 4. The molecule has 3 aromatic carbocycles. The molecule has 1 aliphatic heterocycles.